The average Bonchev–Trinajstić information content (AvgIpc) is 2.78. The number of halogens is 1. The van der Waals surface area contributed by atoms with Crippen LogP contribution in [0.4, 0.5) is 4.39 Å². The zero-order valence-corrected chi connectivity index (χ0v) is 12.2. The number of rotatable bonds is 6. The van der Waals surface area contributed by atoms with Crippen LogP contribution in [0, 0.1) is 12.7 Å². The number of aromatic nitrogens is 1. The smallest absolute Gasteiger partial charge is 0.250 e. The Hall–Kier alpha value is -2.14. The average molecular weight is 290 g/mol. The lowest BCUT2D eigenvalue weighted by atomic mass is 10.1. The van der Waals surface area contributed by atoms with Crippen molar-refractivity contribution in [3.05, 3.63) is 47.4 Å². The predicted molar refractivity (Wildman–Crippen MR) is 79.6 cm³/mol. The van der Waals surface area contributed by atoms with Crippen molar-refractivity contribution in [2.24, 2.45) is 5.73 Å². The molecule has 2 N–H and O–H groups in total. The van der Waals surface area contributed by atoms with Crippen molar-refractivity contribution < 1.29 is 13.9 Å². The third-order valence-electron chi connectivity index (χ3n) is 3.50. The molecule has 0 saturated heterocycles. The molecule has 2 aromatic rings. The monoisotopic (exact) mass is 290 g/mol. The molecule has 4 nitrogen and oxygen atoms in total. The van der Waals surface area contributed by atoms with Gasteiger partial charge in [-0.2, -0.15) is 0 Å². The molecule has 0 spiro atoms. The second-order valence-corrected chi connectivity index (χ2v) is 4.90. The van der Waals surface area contributed by atoms with Crippen molar-refractivity contribution in [1.82, 2.24) is 4.57 Å². The third kappa shape index (κ3) is 3.31. The van der Waals surface area contributed by atoms with E-state index in [-0.39, 0.29) is 5.82 Å². The maximum absolute atomic E-state index is 13.1. The maximum atomic E-state index is 13.1. The molecule has 0 aliphatic heterocycles. The van der Waals surface area contributed by atoms with Crippen LogP contribution in [0.5, 0.6) is 0 Å². The highest BCUT2D eigenvalue weighted by molar-refractivity contribution is 5.95. The van der Waals surface area contributed by atoms with Crippen LogP contribution in [0.15, 0.2) is 30.3 Å². The molecule has 1 aromatic carbocycles. The molecule has 0 aliphatic carbocycles. The molecule has 0 radical (unpaired) electrons. The van der Waals surface area contributed by atoms with Crippen molar-refractivity contribution in [3.63, 3.8) is 0 Å². The standard InChI is InChI=1S/C16H19FN2O2/c1-11-14(16(18)20)10-15(19(11)8-3-9-21-2)12-4-6-13(17)7-5-12/h4-7,10H,3,8-9H2,1-2H3,(H2,18,20). The fraction of sp³-hybridized carbons (Fsp3) is 0.312. The van der Waals surface area contributed by atoms with Gasteiger partial charge >= 0.3 is 0 Å². The van der Waals surface area contributed by atoms with Crippen LogP contribution in [-0.4, -0.2) is 24.2 Å². The molecule has 5 heteroatoms. The number of carbonyl (C=O) groups excluding carboxylic acids is 1. The van der Waals surface area contributed by atoms with E-state index in [2.05, 4.69) is 0 Å². The Morgan fingerprint density at radius 2 is 2.00 bits per heavy atom. The van der Waals surface area contributed by atoms with Gasteiger partial charge in [-0.25, -0.2) is 4.39 Å². The summed E-state index contributed by atoms with van der Waals surface area (Å²) in [4.78, 5) is 11.5. The van der Waals surface area contributed by atoms with Crippen LogP contribution in [-0.2, 0) is 11.3 Å². The Labute approximate surface area is 123 Å². The van der Waals surface area contributed by atoms with Crippen LogP contribution in [0.1, 0.15) is 22.5 Å². The summed E-state index contributed by atoms with van der Waals surface area (Å²) in [6.07, 6.45) is 0.818. The lowest BCUT2D eigenvalue weighted by Crippen LogP contribution is -2.13. The predicted octanol–water partition coefficient (Wildman–Crippen LogP) is 2.74. The van der Waals surface area contributed by atoms with Gasteiger partial charge in [0.1, 0.15) is 5.82 Å². The van der Waals surface area contributed by atoms with E-state index in [0.29, 0.717) is 18.7 Å². The van der Waals surface area contributed by atoms with Gasteiger partial charge in [-0.15, -0.1) is 0 Å². The summed E-state index contributed by atoms with van der Waals surface area (Å²) in [7, 11) is 1.65. The molecule has 0 aliphatic rings. The Morgan fingerprint density at radius 1 is 1.33 bits per heavy atom. The first-order valence-electron chi connectivity index (χ1n) is 6.79. The maximum Gasteiger partial charge on any atom is 0.250 e. The molecule has 1 heterocycles. The van der Waals surface area contributed by atoms with E-state index in [1.54, 1.807) is 25.3 Å². The molecule has 21 heavy (non-hydrogen) atoms. The van der Waals surface area contributed by atoms with Crippen molar-refractivity contribution in [2.75, 3.05) is 13.7 Å². The van der Waals surface area contributed by atoms with Gasteiger partial charge in [-0.1, -0.05) is 0 Å². The summed E-state index contributed by atoms with van der Waals surface area (Å²) < 4.78 is 20.2. The molecule has 0 bridgehead atoms. The van der Waals surface area contributed by atoms with E-state index in [0.717, 1.165) is 23.4 Å². The fourth-order valence-electron chi connectivity index (χ4n) is 2.41. The number of primary amides is 1. The Bertz CT molecular complexity index is 632. The van der Waals surface area contributed by atoms with Crippen LogP contribution >= 0.6 is 0 Å². The topological polar surface area (TPSA) is 57.2 Å². The number of nitrogens with zero attached hydrogens (tertiary/aromatic N) is 1. The molecule has 0 saturated carbocycles. The summed E-state index contributed by atoms with van der Waals surface area (Å²) in [6.45, 7) is 3.20. The summed E-state index contributed by atoms with van der Waals surface area (Å²) >= 11 is 0. The molecular formula is C16H19FN2O2. The van der Waals surface area contributed by atoms with E-state index in [1.807, 2.05) is 11.5 Å². The molecule has 0 unspecified atom stereocenters. The quantitative estimate of drug-likeness (QED) is 0.832. The zero-order chi connectivity index (χ0) is 15.4. The highest BCUT2D eigenvalue weighted by Crippen LogP contribution is 2.26. The van der Waals surface area contributed by atoms with Crippen molar-refractivity contribution in [1.29, 1.82) is 0 Å². The van der Waals surface area contributed by atoms with E-state index in [1.165, 1.54) is 12.1 Å². The van der Waals surface area contributed by atoms with Gasteiger partial charge in [-0.05, 0) is 49.2 Å². The molecule has 1 aromatic heterocycles. The number of carbonyl (C=O) groups is 1. The minimum Gasteiger partial charge on any atom is -0.385 e. The Morgan fingerprint density at radius 3 is 2.57 bits per heavy atom. The van der Waals surface area contributed by atoms with E-state index >= 15 is 0 Å². The van der Waals surface area contributed by atoms with Gasteiger partial charge in [-0.3, -0.25) is 4.79 Å². The highest BCUT2D eigenvalue weighted by Gasteiger charge is 2.16. The van der Waals surface area contributed by atoms with Gasteiger partial charge in [0.25, 0.3) is 5.91 Å². The minimum absolute atomic E-state index is 0.289. The summed E-state index contributed by atoms with van der Waals surface area (Å²) in [6, 6.07) is 7.96. The second kappa shape index (κ2) is 6.54. The third-order valence-corrected chi connectivity index (χ3v) is 3.50. The first-order chi connectivity index (χ1) is 10.0. The number of nitrogens with two attached hydrogens (primary N) is 1. The number of ether oxygens (including phenoxy) is 1. The first-order valence-corrected chi connectivity index (χ1v) is 6.79. The van der Waals surface area contributed by atoms with Gasteiger partial charge in [0.2, 0.25) is 0 Å². The Kier molecular flexibility index (Phi) is 4.75. The first kappa shape index (κ1) is 15.3. The van der Waals surface area contributed by atoms with Gasteiger partial charge < -0.3 is 15.0 Å². The van der Waals surface area contributed by atoms with Gasteiger partial charge in [0, 0.05) is 31.6 Å². The lowest BCUT2D eigenvalue weighted by molar-refractivity contribution is 0.0999. The van der Waals surface area contributed by atoms with Crippen molar-refractivity contribution in [3.8, 4) is 11.3 Å². The SMILES string of the molecule is COCCCn1c(-c2ccc(F)cc2)cc(C(N)=O)c1C. The summed E-state index contributed by atoms with van der Waals surface area (Å²) in [5.41, 5.74) is 8.44. The van der Waals surface area contributed by atoms with E-state index in [9.17, 15) is 9.18 Å². The minimum atomic E-state index is -0.457. The molecule has 0 fully saturated rings. The Balaban J connectivity index is 2.44. The molecular weight excluding hydrogens is 271 g/mol. The molecule has 2 rings (SSSR count). The van der Waals surface area contributed by atoms with Crippen molar-refractivity contribution >= 4 is 5.91 Å². The highest BCUT2D eigenvalue weighted by atomic mass is 19.1. The molecule has 112 valence electrons. The van der Waals surface area contributed by atoms with Crippen LogP contribution in [0.3, 0.4) is 0 Å². The lowest BCUT2D eigenvalue weighted by Gasteiger charge is -2.12. The molecule has 1 amide bonds. The number of amides is 1. The number of methoxy groups -OCH3 is 1. The van der Waals surface area contributed by atoms with Gasteiger partial charge in [0.05, 0.1) is 5.56 Å². The summed E-state index contributed by atoms with van der Waals surface area (Å²) in [5, 5.41) is 0. The normalized spacial score (nSPS) is 10.8. The van der Waals surface area contributed by atoms with Crippen LogP contribution < -0.4 is 5.73 Å². The van der Waals surface area contributed by atoms with Crippen molar-refractivity contribution in [2.45, 2.75) is 19.9 Å². The number of hydrogen-bond donors (Lipinski definition) is 1. The van der Waals surface area contributed by atoms with E-state index in [4.69, 9.17) is 10.5 Å². The van der Waals surface area contributed by atoms with Crippen LogP contribution in [0.2, 0.25) is 0 Å². The number of benzene rings is 1. The number of hydrogen-bond acceptors (Lipinski definition) is 2. The van der Waals surface area contributed by atoms with E-state index < -0.39 is 5.91 Å². The van der Waals surface area contributed by atoms with Gasteiger partial charge in [0.15, 0.2) is 0 Å². The zero-order valence-electron chi connectivity index (χ0n) is 12.2. The fourth-order valence-corrected chi connectivity index (χ4v) is 2.41. The second-order valence-electron chi connectivity index (χ2n) is 4.90. The van der Waals surface area contributed by atoms with Crippen LogP contribution in [0.25, 0.3) is 11.3 Å². The summed E-state index contributed by atoms with van der Waals surface area (Å²) in [5.74, 6) is -0.746. The molecule has 0 atom stereocenters. The largest absolute Gasteiger partial charge is 0.385 e.